The summed E-state index contributed by atoms with van der Waals surface area (Å²) in [5.74, 6) is 1.42. The van der Waals surface area contributed by atoms with E-state index in [-0.39, 0.29) is 11.8 Å². The lowest BCUT2D eigenvalue weighted by atomic mass is 9.89. The highest BCUT2D eigenvalue weighted by molar-refractivity contribution is 5.91. The maximum Gasteiger partial charge on any atom is 0.228 e. The first-order valence-electron chi connectivity index (χ1n) is 6.94. The number of nitrogens with one attached hydrogen (secondary N) is 1. The van der Waals surface area contributed by atoms with Crippen molar-refractivity contribution in [3.8, 4) is 5.82 Å². The van der Waals surface area contributed by atoms with Gasteiger partial charge in [-0.1, -0.05) is 19.3 Å². The van der Waals surface area contributed by atoms with E-state index in [1.807, 2.05) is 0 Å². The number of imidazole rings is 1. The Bertz CT molecular complexity index is 575. The fourth-order valence-corrected chi connectivity index (χ4v) is 2.54. The van der Waals surface area contributed by atoms with E-state index in [2.05, 4.69) is 20.3 Å². The summed E-state index contributed by atoms with van der Waals surface area (Å²) in [5, 5.41) is 2.89. The second-order valence-electron chi connectivity index (χ2n) is 5.06. The van der Waals surface area contributed by atoms with Crippen molar-refractivity contribution in [1.29, 1.82) is 0 Å². The molecule has 2 heterocycles. The third kappa shape index (κ3) is 2.84. The van der Waals surface area contributed by atoms with Crippen LogP contribution in [0, 0.1) is 5.92 Å². The molecule has 0 radical (unpaired) electrons. The molecule has 0 bridgehead atoms. The molecule has 20 heavy (non-hydrogen) atoms. The van der Waals surface area contributed by atoms with Gasteiger partial charge in [-0.3, -0.25) is 9.36 Å². The summed E-state index contributed by atoms with van der Waals surface area (Å²) in [6.07, 6.45) is 12.1. The molecule has 3 rings (SSSR count). The van der Waals surface area contributed by atoms with Gasteiger partial charge in [-0.05, 0) is 12.8 Å². The molecule has 2 aromatic rings. The summed E-state index contributed by atoms with van der Waals surface area (Å²) < 4.78 is 1.78. The van der Waals surface area contributed by atoms with E-state index in [4.69, 9.17) is 0 Å². The quantitative estimate of drug-likeness (QED) is 0.928. The average molecular weight is 271 g/mol. The van der Waals surface area contributed by atoms with Crippen LogP contribution in [0.15, 0.2) is 31.1 Å². The van der Waals surface area contributed by atoms with Gasteiger partial charge in [0.25, 0.3) is 0 Å². The van der Waals surface area contributed by atoms with Gasteiger partial charge in [0.05, 0.1) is 0 Å². The van der Waals surface area contributed by atoms with Crippen LogP contribution in [0.5, 0.6) is 0 Å². The molecule has 0 spiro atoms. The second-order valence-corrected chi connectivity index (χ2v) is 5.06. The van der Waals surface area contributed by atoms with Crippen molar-refractivity contribution in [3.63, 3.8) is 0 Å². The molecule has 104 valence electrons. The van der Waals surface area contributed by atoms with E-state index in [0.29, 0.717) is 11.6 Å². The number of rotatable bonds is 3. The Morgan fingerprint density at radius 1 is 1.25 bits per heavy atom. The molecule has 6 heteroatoms. The molecule has 0 aromatic carbocycles. The minimum atomic E-state index is 0.0694. The summed E-state index contributed by atoms with van der Waals surface area (Å²) in [7, 11) is 0. The summed E-state index contributed by atoms with van der Waals surface area (Å²) in [5.41, 5.74) is 0. The molecule has 1 saturated carbocycles. The summed E-state index contributed by atoms with van der Waals surface area (Å²) in [6, 6.07) is 1.75. The normalized spacial score (nSPS) is 16.0. The average Bonchev–Trinajstić information content (AvgIpc) is 3.03. The molecule has 0 unspecified atom stereocenters. The monoisotopic (exact) mass is 271 g/mol. The Labute approximate surface area is 117 Å². The van der Waals surface area contributed by atoms with Crippen LogP contribution in [0.4, 0.5) is 5.82 Å². The van der Waals surface area contributed by atoms with E-state index in [0.717, 1.165) is 25.7 Å². The molecule has 0 atom stereocenters. The van der Waals surface area contributed by atoms with Crippen LogP contribution in [0.25, 0.3) is 5.82 Å². The molecule has 0 saturated heterocycles. The fourth-order valence-electron chi connectivity index (χ4n) is 2.54. The van der Waals surface area contributed by atoms with E-state index in [1.54, 1.807) is 29.4 Å². The van der Waals surface area contributed by atoms with Crippen LogP contribution < -0.4 is 5.32 Å². The van der Waals surface area contributed by atoms with Crippen LogP contribution >= 0.6 is 0 Å². The summed E-state index contributed by atoms with van der Waals surface area (Å²) >= 11 is 0. The van der Waals surface area contributed by atoms with Crippen molar-refractivity contribution in [2.45, 2.75) is 32.1 Å². The van der Waals surface area contributed by atoms with Gasteiger partial charge in [-0.25, -0.2) is 15.0 Å². The lowest BCUT2D eigenvalue weighted by molar-refractivity contribution is -0.120. The first-order chi connectivity index (χ1) is 9.83. The van der Waals surface area contributed by atoms with E-state index in [1.165, 1.54) is 12.7 Å². The summed E-state index contributed by atoms with van der Waals surface area (Å²) in [4.78, 5) is 24.4. The van der Waals surface area contributed by atoms with Crippen LogP contribution in [0.2, 0.25) is 0 Å². The van der Waals surface area contributed by atoms with Crippen LogP contribution in [-0.4, -0.2) is 25.4 Å². The topological polar surface area (TPSA) is 72.7 Å². The van der Waals surface area contributed by atoms with Crippen molar-refractivity contribution >= 4 is 11.7 Å². The van der Waals surface area contributed by atoms with Crippen molar-refractivity contribution in [2.24, 2.45) is 5.92 Å². The Balaban J connectivity index is 1.71. The lowest BCUT2D eigenvalue weighted by Gasteiger charge is -2.20. The second kappa shape index (κ2) is 5.81. The zero-order chi connectivity index (χ0) is 13.8. The first-order valence-corrected chi connectivity index (χ1v) is 6.94. The minimum Gasteiger partial charge on any atom is -0.310 e. The first kappa shape index (κ1) is 12.8. The van der Waals surface area contributed by atoms with Crippen LogP contribution in [-0.2, 0) is 4.79 Å². The highest BCUT2D eigenvalue weighted by Gasteiger charge is 2.21. The van der Waals surface area contributed by atoms with Crippen molar-refractivity contribution in [1.82, 2.24) is 19.5 Å². The van der Waals surface area contributed by atoms with Gasteiger partial charge >= 0.3 is 0 Å². The zero-order valence-electron chi connectivity index (χ0n) is 11.2. The molecule has 1 N–H and O–H groups in total. The lowest BCUT2D eigenvalue weighted by Crippen LogP contribution is -2.25. The predicted octanol–water partition coefficient (Wildman–Crippen LogP) is 2.18. The van der Waals surface area contributed by atoms with Crippen molar-refractivity contribution in [3.05, 3.63) is 31.1 Å². The van der Waals surface area contributed by atoms with E-state index >= 15 is 0 Å². The van der Waals surface area contributed by atoms with E-state index < -0.39 is 0 Å². The molecule has 6 nitrogen and oxygen atoms in total. The largest absolute Gasteiger partial charge is 0.310 e. The molecule has 2 aromatic heterocycles. The smallest absolute Gasteiger partial charge is 0.228 e. The summed E-state index contributed by atoms with van der Waals surface area (Å²) in [6.45, 7) is 0. The Morgan fingerprint density at radius 2 is 2.10 bits per heavy atom. The van der Waals surface area contributed by atoms with Gasteiger partial charge in [0.2, 0.25) is 5.91 Å². The predicted molar refractivity (Wildman–Crippen MR) is 74.4 cm³/mol. The Hall–Kier alpha value is -2.24. The molecule has 1 fully saturated rings. The number of nitrogens with zero attached hydrogens (tertiary/aromatic N) is 4. The van der Waals surface area contributed by atoms with Gasteiger partial charge in [0.1, 0.15) is 24.3 Å². The standard InChI is InChI=1S/C14H17N5O/c20-14(11-4-2-1-3-5-11)18-12-8-13(17-9-16-12)19-7-6-15-10-19/h6-11H,1-5H2,(H,16,17,18,20). The maximum atomic E-state index is 12.2. The van der Waals surface area contributed by atoms with Gasteiger partial charge < -0.3 is 5.32 Å². The highest BCUT2D eigenvalue weighted by atomic mass is 16.1. The number of hydrogen-bond donors (Lipinski definition) is 1. The molecular formula is C14H17N5O. The molecular weight excluding hydrogens is 254 g/mol. The van der Waals surface area contributed by atoms with Crippen LogP contribution in [0.1, 0.15) is 32.1 Å². The number of aromatic nitrogens is 4. The zero-order valence-corrected chi connectivity index (χ0v) is 11.2. The number of anilines is 1. The SMILES string of the molecule is O=C(Nc1cc(-n2ccnc2)ncn1)C1CCCCC1. The van der Waals surface area contributed by atoms with Gasteiger partial charge in [0, 0.05) is 24.4 Å². The number of hydrogen-bond acceptors (Lipinski definition) is 4. The third-order valence-corrected chi connectivity index (χ3v) is 3.65. The number of carbonyl (C=O) groups is 1. The van der Waals surface area contributed by atoms with Gasteiger partial charge in [-0.2, -0.15) is 0 Å². The Kier molecular flexibility index (Phi) is 3.71. The highest BCUT2D eigenvalue weighted by Crippen LogP contribution is 2.24. The Morgan fingerprint density at radius 3 is 2.85 bits per heavy atom. The number of carbonyl (C=O) groups excluding carboxylic acids is 1. The molecule has 1 amide bonds. The third-order valence-electron chi connectivity index (χ3n) is 3.65. The molecule has 1 aliphatic rings. The molecule has 0 aliphatic heterocycles. The van der Waals surface area contributed by atoms with E-state index in [9.17, 15) is 4.79 Å². The minimum absolute atomic E-state index is 0.0694. The van der Waals surface area contributed by atoms with Crippen molar-refractivity contribution < 1.29 is 4.79 Å². The number of amides is 1. The van der Waals surface area contributed by atoms with Crippen molar-refractivity contribution in [2.75, 3.05) is 5.32 Å². The van der Waals surface area contributed by atoms with Gasteiger partial charge in [0.15, 0.2) is 0 Å². The van der Waals surface area contributed by atoms with Gasteiger partial charge in [-0.15, -0.1) is 0 Å². The maximum absolute atomic E-state index is 12.2. The fraction of sp³-hybridized carbons (Fsp3) is 0.429. The molecule has 1 aliphatic carbocycles. The van der Waals surface area contributed by atoms with Crippen LogP contribution in [0.3, 0.4) is 0 Å².